The second-order valence-electron chi connectivity index (χ2n) is 4.94. The molecule has 0 spiro atoms. The molecule has 3 heteroatoms. The third-order valence-electron chi connectivity index (χ3n) is 3.01. The normalized spacial score (nSPS) is 21.4. The van der Waals surface area contributed by atoms with E-state index in [1.807, 2.05) is 19.9 Å². The van der Waals surface area contributed by atoms with Crippen LogP contribution in [0.4, 0.5) is 4.39 Å². The molecule has 0 bridgehead atoms. The first-order valence-electron chi connectivity index (χ1n) is 5.60. The molecule has 1 heterocycles. The van der Waals surface area contributed by atoms with Gasteiger partial charge < -0.3 is 4.74 Å². The maximum absolute atomic E-state index is 12.8. The average Bonchev–Trinajstić information content (AvgIpc) is 2.27. The molecule has 2 rings (SSSR count). The number of carbonyl (C=O) groups is 1. The second-order valence-corrected chi connectivity index (χ2v) is 4.94. The van der Waals surface area contributed by atoms with E-state index in [9.17, 15) is 9.18 Å². The highest BCUT2D eigenvalue weighted by molar-refractivity contribution is 5.76. The van der Waals surface area contributed by atoms with Crippen molar-refractivity contribution in [3.05, 3.63) is 41.2 Å². The van der Waals surface area contributed by atoms with Crippen molar-refractivity contribution in [2.75, 3.05) is 6.61 Å². The van der Waals surface area contributed by atoms with Gasteiger partial charge in [0.2, 0.25) is 0 Å². The van der Waals surface area contributed by atoms with Crippen LogP contribution in [0.2, 0.25) is 0 Å². The summed E-state index contributed by atoms with van der Waals surface area (Å²) in [6.07, 6.45) is 2.25. The summed E-state index contributed by atoms with van der Waals surface area (Å²) in [7, 11) is 0. The first kappa shape index (κ1) is 11.8. The highest BCUT2D eigenvalue weighted by Crippen LogP contribution is 2.34. The quantitative estimate of drug-likeness (QED) is 0.697. The number of cyclic esters (lactones) is 1. The van der Waals surface area contributed by atoms with Crippen LogP contribution in [0.1, 0.15) is 25.8 Å². The summed E-state index contributed by atoms with van der Waals surface area (Å²) >= 11 is 0. The summed E-state index contributed by atoms with van der Waals surface area (Å²) in [5.41, 5.74) is 1.78. The Morgan fingerprint density at radius 1 is 1.29 bits per heavy atom. The zero-order valence-electron chi connectivity index (χ0n) is 10.00. The molecule has 17 heavy (non-hydrogen) atoms. The van der Waals surface area contributed by atoms with Crippen molar-refractivity contribution in [2.24, 2.45) is 5.41 Å². The molecule has 1 aliphatic heterocycles. The average molecular weight is 234 g/mol. The van der Waals surface area contributed by atoms with Gasteiger partial charge in [-0.15, -0.1) is 0 Å². The number of rotatable bonds is 1. The van der Waals surface area contributed by atoms with Gasteiger partial charge in [0.25, 0.3) is 0 Å². The van der Waals surface area contributed by atoms with Crippen LogP contribution in [0, 0.1) is 11.2 Å². The fourth-order valence-corrected chi connectivity index (χ4v) is 1.81. The Balaban J connectivity index is 2.30. The van der Waals surface area contributed by atoms with Crippen LogP contribution in [0.15, 0.2) is 29.8 Å². The van der Waals surface area contributed by atoms with Gasteiger partial charge in [-0.1, -0.05) is 32.1 Å². The maximum Gasteiger partial charge on any atom is 0.309 e. The number of hydrogen-bond acceptors (Lipinski definition) is 2. The molecule has 90 valence electrons. The van der Waals surface area contributed by atoms with Crippen LogP contribution in [0.5, 0.6) is 0 Å². The zero-order valence-corrected chi connectivity index (χ0v) is 10.00. The first-order valence-corrected chi connectivity index (χ1v) is 5.60. The molecule has 1 aliphatic rings. The number of halogens is 1. The van der Waals surface area contributed by atoms with Crippen LogP contribution >= 0.6 is 0 Å². The molecule has 0 saturated carbocycles. The van der Waals surface area contributed by atoms with Crippen molar-refractivity contribution < 1.29 is 13.9 Å². The monoisotopic (exact) mass is 234 g/mol. The van der Waals surface area contributed by atoms with E-state index in [0.717, 1.165) is 11.1 Å². The third-order valence-corrected chi connectivity index (χ3v) is 3.01. The molecule has 1 aromatic carbocycles. The van der Waals surface area contributed by atoms with Crippen molar-refractivity contribution in [1.29, 1.82) is 0 Å². The van der Waals surface area contributed by atoms with Crippen LogP contribution in [-0.4, -0.2) is 12.6 Å². The fraction of sp³-hybridized carbons (Fsp3) is 0.357. The SMILES string of the molecule is CC1(C)COC(=O)CC1=Cc1ccc(F)cc1. The second kappa shape index (κ2) is 4.32. The van der Waals surface area contributed by atoms with Gasteiger partial charge in [-0.25, -0.2) is 4.39 Å². The van der Waals surface area contributed by atoms with Gasteiger partial charge >= 0.3 is 5.97 Å². The van der Waals surface area contributed by atoms with Crippen LogP contribution in [0.25, 0.3) is 6.08 Å². The largest absolute Gasteiger partial charge is 0.465 e. The van der Waals surface area contributed by atoms with Crippen molar-refractivity contribution in [1.82, 2.24) is 0 Å². The highest BCUT2D eigenvalue weighted by atomic mass is 19.1. The number of carbonyl (C=O) groups excluding carboxylic acids is 1. The van der Waals surface area contributed by atoms with E-state index in [0.29, 0.717) is 13.0 Å². The Morgan fingerprint density at radius 2 is 1.94 bits per heavy atom. The zero-order chi connectivity index (χ0) is 12.5. The molecule has 1 saturated heterocycles. The van der Waals surface area contributed by atoms with Gasteiger partial charge in [-0.05, 0) is 23.3 Å². The number of hydrogen-bond donors (Lipinski definition) is 0. The Bertz CT molecular complexity index is 458. The van der Waals surface area contributed by atoms with Gasteiger partial charge in [0.05, 0.1) is 6.42 Å². The lowest BCUT2D eigenvalue weighted by molar-refractivity contribution is -0.148. The predicted molar refractivity (Wildman–Crippen MR) is 63.7 cm³/mol. The minimum Gasteiger partial charge on any atom is -0.465 e. The van der Waals surface area contributed by atoms with Crippen molar-refractivity contribution >= 4 is 12.0 Å². The molecule has 0 N–H and O–H groups in total. The molecule has 1 fully saturated rings. The molecule has 1 aromatic rings. The van der Waals surface area contributed by atoms with Crippen molar-refractivity contribution in [3.63, 3.8) is 0 Å². The van der Waals surface area contributed by atoms with Gasteiger partial charge in [-0.2, -0.15) is 0 Å². The van der Waals surface area contributed by atoms with E-state index in [1.54, 1.807) is 12.1 Å². The van der Waals surface area contributed by atoms with Gasteiger partial charge in [0, 0.05) is 5.41 Å². The minimum absolute atomic E-state index is 0.150. The van der Waals surface area contributed by atoms with Crippen LogP contribution in [-0.2, 0) is 9.53 Å². The van der Waals surface area contributed by atoms with Gasteiger partial charge in [0.15, 0.2) is 0 Å². The van der Waals surface area contributed by atoms with E-state index in [-0.39, 0.29) is 17.2 Å². The molecule has 0 atom stereocenters. The molecule has 2 nitrogen and oxygen atoms in total. The predicted octanol–water partition coefficient (Wildman–Crippen LogP) is 3.18. The van der Waals surface area contributed by atoms with E-state index >= 15 is 0 Å². The minimum atomic E-state index is -0.255. The molecule has 0 unspecified atom stereocenters. The molecule has 0 amide bonds. The summed E-state index contributed by atoms with van der Waals surface area (Å²) in [6.45, 7) is 4.47. The Hall–Kier alpha value is -1.64. The molecule has 0 aromatic heterocycles. The molecule has 0 radical (unpaired) electrons. The number of benzene rings is 1. The molecule has 0 aliphatic carbocycles. The van der Waals surface area contributed by atoms with Crippen LogP contribution in [0.3, 0.4) is 0 Å². The maximum atomic E-state index is 12.8. The standard InChI is InChI=1S/C14H15FO2/c1-14(2)9-17-13(16)8-11(14)7-10-3-5-12(15)6-4-10/h3-7H,8-9H2,1-2H3. The highest BCUT2D eigenvalue weighted by Gasteiger charge is 2.31. The molecular weight excluding hydrogens is 219 g/mol. The smallest absolute Gasteiger partial charge is 0.309 e. The van der Waals surface area contributed by atoms with Gasteiger partial charge in [0.1, 0.15) is 12.4 Å². The van der Waals surface area contributed by atoms with E-state index in [1.165, 1.54) is 12.1 Å². The lowest BCUT2D eigenvalue weighted by Crippen LogP contribution is -2.31. The summed E-state index contributed by atoms with van der Waals surface area (Å²) in [6, 6.07) is 6.25. The Kier molecular flexibility index (Phi) is 3.01. The summed E-state index contributed by atoms with van der Waals surface area (Å²) in [5, 5.41) is 0. The number of ether oxygens (including phenoxy) is 1. The van der Waals surface area contributed by atoms with E-state index in [4.69, 9.17) is 4.74 Å². The lowest BCUT2D eigenvalue weighted by Gasteiger charge is -2.32. The fourth-order valence-electron chi connectivity index (χ4n) is 1.81. The van der Waals surface area contributed by atoms with Crippen molar-refractivity contribution in [2.45, 2.75) is 20.3 Å². The molecular formula is C14H15FO2. The summed E-state index contributed by atoms with van der Waals surface area (Å²) in [5.74, 6) is -0.452. The van der Waals surface area contributed by atoms with Crippen LogP contribution < -0.4 is 0 Å². The Labute approximate surface area is 100 Å². The Morgan fingerprint density at radius 3 is 2.59 bits per heavy atom. The third kappa shape index (κ3) is 2.73. The lowest BCUT2D eigenvalue weighted by atomic mass is 9.80. The first-order chi connectivity index (χ1) is 7.97. The van der Waals surface area contributed by atoms with Crippen molar-refractivity contribution in [3.8, 4) is 0 Å². The van der Waals surface area contributed by atoms with E-state index < -0.39 is 0 Å². The number of esters is 1. The van der Waals surface area contributed by atoms with Gasteiger partial charge in [-0.3, -0.25) is 4.79 Å². The topological polar surface area (TPSA) is 26.3 Å². The van der Waals surface area contributed by atoms with E-state index in [2.05, 4.69) is 0 Å². The summed E-state index contributed by atoms with van der Waals surface area (Å²) in [4.78, 5) is 11.3. The summed E-state index contributed by atoms with van der Waals surface area (Å²) < 4.78 is 17.8.